The van der Waals surface area contributed by atoms with Crippen LogP contribution in [0.4, 0.5) is 0 Å². The van der Waals surface area contributed by atoms with Crippen molar-refractivity contribution in [2.24, 2.45) is 0 Å². The van der Waals surface area contributed by atoms with Crippen LogP contribution in [0.2, 0.25) is 0 Å². The summed E-state index contributed by atoms with van der Waals surface area (Å²) < 4.78 is 0. The van der Waals surface area contributed by atoms with Gasteiger partial charge in [0.25, 0.3) is 0 Å². The van der Waals surface area contributed by atoms with Crippen LogP contribution < -0.4 is 0 Å². The topological polar surface area (TPSA) is 56.5 Å². The number of rotatable bonds is 1. The largest absolute Gasteiger partial charge is 0.196 e. The molecule has 60 valence electrons. The molecule has 2 aromatic heterocycles. The second kappa shape index (κ2) is 2.69. The van der Waals surface area contributed by atoms with Gasteiger partial charge in [-0.3, -0.25) is 0 Å². The molecule has 0 aliphatic rings. The number of aromatic nitrogens is 5. The van der Waals surface area contributed by atoms with E-state index < -0.39 is 0 Å². The minimum Gasteiger partial charge on any atom is -0.155 e. The molecular weight excluding hydrogens is 154 g/mol. The molecule has 2 aromatic rings. The van der Waals surface area contributed by atoms with Gasteiger partial charge >= 0.3 is 0 Å². The zero-order chi connectivity index (χ0) is 8.39. The van der Waals surface area contributed by atoms with Gasteiger partial charge in [-0.1, -0.05) is 0 Å². The van der Waals surface area contributed by atoms with Gasteiger partial charge in [0, 0.05) is 0 Å². The summed E-state index contributed by atoms with van der Waals surface area (Å²) in [5.74, 6) is 0.630. The Morgan fingerprint density at radius 1 is 1.08 bits per heavy atom. The van der Waals surface area contributed by atoms with Crippen LogP contribution >= 0.6 is 0 Å². The summed E-state index contributed by atoms with van der Waals surface area (Å²) in [6.07, 6.45) is 3.20. The van der Waals surface area contributed by atoms with Crippen LogP contribution in [0.15, 0.2) is 24.5 Å². The van der Waals surface area contributed by atoms with Crippen molar-refractivity contribution in [1.82, 2.24) is 25.2 Å². The fraction of sp³-hybridized carbons (Fsp3) is 0.143. The molecule has 0 saturated heterocycles. The van der Waals surface area contributed by atoms with E-state index in [2.05, 4.69) is 20.4 Å². The molecule has 0 N–H and O–H groups in total. The fourth-order valence-electron chi connectivity index (χ4n) is 0.833. The summed E-state index contributed by atoms with van der Waals surface area (Å²) in [5.41, 5.74) is 0.880. The third-order valence-electron chi connectivity index (χ3n) is 1.41. The van der Waals surface area contributed by atoms with E-state index in [0.717, 1.165) is 5.69 Å². The van der Waals surface area contributed by atoms with E-state index in [0.29, 0.717) is 5.82 Å². The highest BCUT2D eigenvalue weighted by Crippen LogP contribution is 1.97. The van der Waals surface area contributed by atoms with E-state index >= 15 is 0 Å². The van der Waals surface area contributed by atoms with Crippen molar-refractivity contribution in [2.75, 3.05) is 0 Å². The normalized spacial score (nSPS) is 10.1. The third kappa shape index (κ3) is 1.16. The highest BCUT2D eigenvalue weighted by Gasteiger charge is 1.97. The summed E-state index contributed by atoms with van der Waals surface area (Å²) in [4.78, 5) is 1.42. The third-order valence-corrected chi connectivity index (χ3v) is 1.41. The number of hydrogen-bond donors (Lipinski definition) is 0. The zero-order valence-electron chi connectivity index (χ0n) is 6.55. The van der Waals surface area contributed by atoms with Crippen molar-refractivity contribution in [3.05, 3.63) is 30.2 Å². The van der Waals surface area contributed by atoms with Crippen molar-refractivity contribution in [3.63, 3.8) is 0 Å². The smallest absolute Gasteiger partial charge is 0.155 e. The predicted molar refractivity (Wildman–Crippen MR) is 41.7 cm³/mol. The van der Waals surface area contributed by atoms with Crippen LogP contribution in [0.25, 0.3) is 5.82 Å². The lowest BCUT2D eigenvalue weighted by Crippen LogP contribution is -2.02. The Morgan fingerprint density at radius 3 is 2.42 bits per heavy atom. The molecule has 2 heterocycles. The molecule has 2 rings (SSSR count). The van der Waals surface area contributed by atoms with E-state index in [1.54, 1.807) is 12.4 Å². The first-order chi connectivity index (χ1) is 5.86. The van der Waals surface area contributed by atoms with Gasteiger partial charge in [-0.25, -0.2) is 0 Å². The SMILES string of the molecule is Cc1ccc(-n2nccn2)nn1. The summed E-state index contributed by atoms with van der Waals surface area (Å²) in [6, 6.07) is 3.69. The van der Waals surface area contributed by atoms with Crippen molar-refractivity contribution in [3.8, 4) is 5.82 Å². The molecule has 0 atom stereocenters. The molecular formula is C7H7N5. The molecule has 0 radical (unpaired) electrons. The van der Waals surface area contributed by atoms with E-state index in [4.69, 9.17) is 0 Å². The van der Waals surface area contributed by atoms with Crippen LogP contribution in [0.3, 0.4) is 0 Å². The Bertz CT molecular complexity index is 350. The molecule has 0 aliphatic carbocycles. The van der Waals surface area contributed by atoms with Crippen molar-refractivity contribution in [1.29, 1.82) is 0 Å². The summed E-state index contributed by atoms with van der Waals surface area (Å²) >= 11 is 0. The fourth-order valence-corrected chi connectivity index (χ4v) is 0.833. The van der Waals surface area contributed by atoms with Gasteiger partial charge in [0.15, 0.2) is 5.82 Å². The maximum Gasteiger partial charge on any atom is 0.196 e. The standard InChI is InChI=1S/C7H7N5/c1-6-2-3-7(11-10-6)12-8-4-5-9-12/h2-5H,1H3. The van der Waals surface area contributed by atoms with Crippen LogP contribution in [0.5, 0.6) is 0 Å². The summed E-state index contributed by atoms with van der Waals surface area (Å²) in [5, 5.41) is 15.6. The molecule has 0 unspecified atom stereocenters. The lowest BCUT2D eigenvalue weighted by Gasteiger charge is -1.95. The van der Waals surface area contributed by atoms with Gasteiger partial charge in [-0.2, -0.15) is 15.3 Å². The lowest BCUT2D eigenvalue weighted by molar-refractivity contribution is 0.710. The van der Waals surface area contributed by atoms with E-state index in [-0.39, 0.29) is 0 Å². The number of hydrogen-bond acceptors (Lipinski definition) is 4. The van der Waals surface area contributed by atoms with Gasteiger partial charge in [0.2, 0.25) is 0 Å². The minimum absolute atomic E-state index is 0.630. The molecule has 0 bridgehead atoms. The number of nitrogens with zero attached hydrogens (tertiary/aromatic N) is 5. The molecule has 0 aliphatic heterocycles. The van der Waals surface area contributed by atoms with Crippen LogP contribution in [0, 0.1) is 6.92 Å². The molecule has 5 nitrogen and oxygen atoms in total. The quantitative estimate of drug-likeness (QED) is 0.606. The monoisotopic (exact) mass is 161 g/mol. The number of aryl methyl sites for hydroxylation is 1. The average molecular weight is 161 g/mol. The van der Waals surface area contributed by atoms with E-state index in [1.165, 1.54) is 4.80 Å². The second-order valence-electron chi connectivity index (χ2n) is 2.35. The Morgan fingerprint density at radius 2 is 1.83 bits per heavy atom. The van der Waals surface area contributed by atoms with Gasteiger partial charge in [-0.15, -0.1) is 9.90 Å². The molecule has 5 heteroatoms. The van der Waals surface area contributed by atoms with Gasteiger partial charge in [0.1, 0.15) is 0 Å². The Kier molecular flexibility index (Phi) is 1.55. The molecule has 0 amide bonds. The van der Waals surface area contributed by atoms with Crippen LogP contribution in [-0.2, 0) is 0 Å². The van der Waals surface area contributed by atoms with Crippen LogP contribution in [0.1, 0.15) is 5.69 Å². The van der Waals surface area contributed by atoms with Gasteiger partial charge < -0.3 is 0 Å². The van der Waals surface area contributed by atoms with Crippen molar-refractivity contribution < 1.29 is 0 Å². The molecule has 0 aromatic carbocycles. The first kappa shape index (κ1) is 6.90. The second-order valence-corrected chi connectivity index (χ2v) is 2.35. The minimum atomic E-state index is 0.630. The van der Waals surface area contributed by atoms with Crippen LogP contribution in [-0.4, -0.2) is 25.2 Å². The average Bonchev–Trinajstić information content (AvgIpc) is 2.58. The highest BCUT2D eigenvalue weighted by molar-refractivity contribution is 5.17. The first-order valence-corrected chi connectivity index (χ1v) is 3.53. The van der Waals surface area contributed by atoms with E-state index in [9.17, 15) is 0 Å². The summed E-state index contributed by atoms with van der Waals surface area (Å²) in [7, 11) is 0. The molecule has 0 spiro atoms. The van der Waals surface area contributed by atoms with Gasteiger partial charge in [-0.05, 0) is 19.1 Å². The predicted octanol–water partition coefficient (Wildman–Crippen LogP) is 0.366. The highest BCUT2D eigenvalue weighted by atomic mass is 15.5. The zero-order valence-corrected chi connectivity index (χ0v) is 6.55. The maximum absolute atomic E-state index is 3.92. The van der Waals surface area contributed by atoms with Crippen molar-refractivity contribution in [2.45, 2.75) is 6.92 Å². The van der Waals surface area contributed by atoms with Gasteiger partial charge in [0.05, 0.1) is 18.1 Å². The lowest BCUT2D eigenvalue weighted by atomic mass is 10.4. The Hall–Kier alpha value is -1.78. The molecule has 0 fully saturated rings. The maximum atomic E-state index is 3.92. The summed E-state index contributed by atoms with van der Waals surface area (Å²) in [6.45, 7) is 1.88. The van der Waals surface area contributed by atoms with E-state index in [1.807, 2.05) is 19.1 Å². The first-order valence-electron chi connectivity index (χ1n) is 3.53. The van der Waals surface area contributed by atoms with Crippen molar-refractivity contribution >= 4 is 0 Å². The Balaban J connectivity index is 2.43. The molecule has 0 saturated carbocycles. The Labute approximate surface area is 69.1 Å². The molecule has 12 heavy (non-hydrogen) atoms.